The second kappa shape index (κ2) is 12.0. The number of halogens is 4. The molecule has 0 aromatic rings. The Hall–Kier alpha value is -0.430. The van der Waals surface area contributed by atoms with Crippen molar-refractivity contribution in [2.75, 3.05) is 58.8 Å². The summed E-state index contributed by atoms with van der Waals surface area (Å²) in [6.45, 7) is 0.482. The third kappa shape index (κ3) is 11.0. The summed E-state index contributed by atoms with van der Waals surface area (Å²) in [7, 11) is 3.30. The molecule has 1 atom stereocenters. The minimum Gasteiger partial charge on any atom is -0.356 e. The van der Waals surface area contributed by atoms with E-state index in [-0.39, 0.29) is 42.5 Å². The summed E-state index contributed by atoms with van der Waals surface area (Å²) >= 11 is 1.67. The fraction of sp³-hybridized carbons (Fsp3) is 0.857. The summed E-state index contributed by atoms with van der Waals surface area (Å²) in [5.41, 5.74) is 0. The van der Waals surface area contributed by atoms with Crippen LogP contribution in [-0.4, -0.2) is 92.7 Å². The molecule has 2 N–H and O–H groups in total. The van der Waals surface area contributed by atoms with E-state index in [1.165, 1.54) is 9.80 Å². The van der Waals surface area contributed by atoms with Gasteiger partial charge >= 0.3 is 6.18 Å². The fourth-order valence-corrected chi connectivity index (χ4v) is 2.56. The number of guanidine groups is 1. The molecule has 1 unspecified atom stereocenters. The number of likely N-dealkylation sites (N-methyl/N-ethyl adjacent to an activating group) is 1. The van der Waals surface area contributed by atoms with Crippen LogP contribution in [0.25, 0.3) is 0 Å². The van der Waals surface area contributed by atoms with E-state index in [1.54, 1.807) is 25.9 Å². The van der Waals surface area contributed by atoms with Gasteiger partial charge in [-0.15, -0.1) is 24.0 Å². The van der Waals surface area contributed by atoms with Gasteiger partial charge in [-0.05, 0) is 12.7 Å². The van der Waals surface area contributed by atoms with Crippen molar-refractivity contribution < 1.29 is 18.0 Å². The van der Waals surface area contributed by atoms with Gasteiger partial charge in [-0.2, -0.15) is 24.9 Å². The quantitative estimate of drug-likeness (QED) is 0.240. The number of thioether (sulfide) groups is 1. The molecule has 1 rings (SSSR count). The van der Waals surface area contributed by atoms with Crippen LogP contribution in [0.15, 0.2) is 4.99 Å². The van der Waals surface area contributed by atoms with Gasteiger partial charge in [0.15, 0.2) is 5.96 Å². The third-order valence-electron chi connectivity index (χ3n) is 3.49. The van der Waals surface area contributed by atoms with E-state index >= 15 is 0 Å². The molecule has 0 radical (unpaired) electrons. The van der Waals surface area contributed by atoms with Crippen LogP contribution in [0, 0.1) is 0 Å². The van der Waals surface area contributed by atoms with Crippen LogP contribution in [0.5, 0.6) is 0 Å². The molecular formula is C14H27F3IN5OS. The second-order valence-corrected chi connectivity index (χ2v) is 6.84. The Balaban J connectivity index is 0.00000576. The van der Waals surface area contributed by atoms with Gasteiger partial charge < -0.3 is 15.5 Å². The Morgan fingerprint density at radius 3 is 2.64 bits per heavy atom. The number of nitrogens with zero attached hydrogens (tertiary/aromatic N) is 3. The molecule has 1 amide bonds. The fourth-order valence-electron chi connectivity index (χ4n) is 2.25. The van der Waals surface area contributed by atoms with Gasteiger partial charge in [-0.25, -0.2) is 4.99 Å². The summed E-state index contributed by atoms with van der Waals surface area (Å²) in [6.07, 6.45) is -1.59. The zero-order chi connectivity index (χ0) is 18.2. The van der Waals surface area contributed by atoms with E-state index in [4.69, 9.17) is 0 Å². The molecule has 0 aromatic heterocycles. The minimum absolute atomic E-state index is 0. The molecule has 1 fully saturated rings. The number of aliphatic imine (C=N–C) groups is 1. The number of rotatable bonds is 7. The molecule has 1 aliphatic heterocycles. The van der Waals surface area contributed by atoms with E-state index in [1.807, 2.05) is 6.26 Å². The summed E-state index contributed by atoms with van der Waals surface area (Å²) in [4.78, 5) is 18.7. The first kappa shape index (κ1) is 24.6. The standard InChI is InChI=1S/C14H26F3N5OS.HI/c1-21(2)12(23)8-19-13(18-5-7-24-3)20-11-4-6-22(9-11)10-14(15,16)17;/h11H,4-10H2,1-3H3,(H2,18,19,20);1H. The minimum atomic E-state index is -4.18. The molecule has 1 aliphatic rings. The molecule has 148 valence electrons. The second-order valence-electron chi connectivity index (χ2n) is 5.85. The highest BCUT2D eigenvalue weighted by Crippen LogP contribution is 2.19. The Bertz CT molecular complexity index is 437. The average Bonchev–Trinajstić information content (AvgIpc) is 2.89. The number of nitrogens with one attached hydrogen (secondary N) is 2. The van der Waals surface area contributed by atoms with Crippen LogP contribution in [-0.2, 0) is 4.79 Å². The van der Waals surface area contributed by atoms with Gasteiger partial charge in [-0.3, -0.25) is 9.69 Å². The molecule has 0 aromatic carbocycles. The van der Waals surface area contributed by atoms with Crippen molar-refractivity contribution in [3.05, 3.63) is 0 Å². The highest BCUT2D eigenvalue weighted by atomic mass is 127. The Labute approximate surface area is 168 Å². The third-order valence-corrected chi connectivity index (χ3v) is 4.10. The van der Waals surface area contributed by atoms with Crippen LogP contribution < -0.4 is 10.6 Å². The monoisotopic (exact) mass is 497 g/mol. The molecule has 0 bridgehead atoms. The Kier molecular flexibility index (Phi) is 11.8. The van der Waals surface area contributed by atoms with Crippen molar-refractivity contribution in [1.29, 1.82) is 0 Å². The van der Waals surface area contributed by atoms with Crippen LogP contribution >= 0.6 is 35.7 Å². The predicted molar refractivity (Wildman–Crippen MR) is 107 cm³/mol. The SMILES string of the molecule is CSCCNC(=NCC(=O)N(C)C)NC1CCN(CC(F)(F)F)C1.I. The molecule has 0 aliphatic carbocycles. The number of carbonyl (C=O) groups is 1. The molecule has 1 saturated heterocycles. The van der Waals surface area contributed by atoms with Crippen molar-refractivity contribution in [3.8, 4) is 0 Å². The predicted octanol–water partition coefficient (Wildman–Crippen LogP) is 1.23. The van der Waals surface area contributed by atoms with E-state index < -0.39 is 12.7 Å². The number of amides is 1. The number of carbonyl (C=O) groups excluding carboxylic acids is 1. The molecule has 11 heteroatoms. The van der Waals surface area contributed by atoms with E-state index in [2.05, 4.69) is 15.6 Å². The van der Waals surface area contributed by atoms with E-state index in [0.717, 1.165) is 5.75 Å². The summed E-state index contributed by atoms with van der Waals surface area (Å²) in [6, 6.07) is -0.109. The van der Waals surface area contributed by atoms with Crippen molar-refractivity contribution in [2.45, 2.75) is 18.6 Å². The summed E-state index contributed by atoms with van der Waals surface area (Å²) in [5.74, 6) is 1.21. The van der Waals surface area contributed by atoms with Crippen molar-refractivity contribution >= 4 is 47.6 Å². The number of hydrogen-bond acceptors (Lipinski definition) is 4. The van der Waals surface area contributed by atoms with Gasteiger partial charge in [0, 0.05) is 45.5 Å². The van der Waals surface area contributed by atoms with E-state index in [9.17, 15) is 18.0 Å². The Morgan fingerprint density at radius 2 is 2.08 bits per heavy atom. The van der Waals surface area contributed by atoms with Crippen LogP contribution in [0.2, 0.25) is 0 Å². The average molecular weight is 497 g/mol. The van der Waals surface area contributed by atoms with Crippen molar-refractivity contribution in [1.82, 2.24) is 20.4 Å². The number of hydrogen-bond donors (Lipinski definition) is 2. The number of alkyl halides is 3. The maximum atomic E-state index is 12.4. The maximum absolute atomic E-state index is 12.4. The normalized spacial score (nSPS) is 18.6. The first-order valence-corrected chi connectivity index (χ1v) is 9.13. The molecule has 1 heterocycles. The lowest BCUT2D eigenvalue weighted by Crippen LogP contribution is -2.46. The molecular weight excluding hydrogens is 470 g/mol. The van der Waals surface area contributed by atoms with E-state index in [0.29, 0.717) is 32.0 Å². The lowest BCUT2D eigenvalue weighted by atomic mass is 10.3. The number of likely N-dealkylation sites (tertiary alicyclic amines) is 1. The first-order chi connectivity index (χ1) is 11.2. The molecule has 25 heavy (non-hydrogen) atoms. The van der Waals surface area contributed by atoms with Crippen molar-refractivity contribution in [2.24, 2.45) is 4.99 Å². The lowest BCUT2D eigenvalue weighted by molar-refractivity contribution is -0.143. The Morgan fingerprint density at radius 1 is 1.40 bits per heavy atom. The molecule has 0 spiro atoms. The highest BCUT2D eigenvalue weighted by molar-refractivity contribution is 14.0. The zero-order valence-electron chi connectivity index (χ0n) is 14.7. The zero-order valence-corrected chi connectivity index (χ0v) is 17.9. The van der Waals surface area contributed by atoms with Gasteiger partial charge in [-0.1, -0.05) is 0 Å². The first-order valence-electron chi connectivity index (χ1n) is 7.74. The largest absolute Gasteiger partial charge is 0.401 e. The lowest BCUT2D eigenvalue weighted by Gasteiger charge is -2.20. The molecule has 0 saturated carbocycles. The van der Waals surface area contributed by atoms with Crippen LogP contribution in [0.3, 0.4) is 0 Å². The maximum Gasteiger partial charge on any atom is 0.401 e. The summed E-state index contributed by atoms with van der Waals surface area (Å²) in [5, 5.41) is 6.25. The van der Waals surface area contributed by atoms with Gasteiger partial charge in [0.1, 0.15) is 6.54 Å². The molecule has 6 nitrogen and oxygen atoms in total. The van der Waals surface area contributed by atoms with Gasteiger partial charge in [0.05, 0.1) is 6.54 Å². The highest BCUT2D eigenvalue weighted by Gasteiger charge is 2.34. The topological polar surface area (TPSA) is 60.0 Å². The van der Waals surface area contributed by atoms with Crippen molar-refractivity contribution in [3.63, 3.8) is 0 Å². The van der Waals surface area contributed by atoms with Gasteiger partial charge in [0.25, 0.3) is 0 Å². The van der Waals surface area contributed by atoms with Gasteiger partial charge in [0.2, 0.25) is 5.91 Å². The summed E-state index contributed by atoms with van der Waals surface area (Å²) < 4.78 is 37.3. The smallest absolute Gasteiger partial charge is 0.356 e. The van der Waals surface area contributed by atoms with Crippen LogP contribution in [0.1, 0.15) is 6.42 Å². The van der Waals surface area contributed by atoms with Crippen LogP contribution in [0.4, 0.5) is 13.2 Å².